The van der Waals surface area contributed by atoms with Crippen LogP contribution in [-0.4, -0.2) is 48.5 Å². The van der Waals surface area contributed by atoms with E-state index in [1.165, 1.54) is 12.6 Å². The number of anilines is 1. The minimum absolute atomic E-state index is 0.238. The molecular formula is C15H16ClN5O4. The van der Waals surface area contributed by atoms with Crippen molar-refractivity contribution < 1.29 is 19.4 Å². The first kappa shape index (κ1) is 16.3. The Labute approximate surface area is 147 Å². The number of nitrogens with zero attached hydrogens (tertiary/aromatic N) is 4. The van der Waals surface area contributed by atoms with Crippen molar-refractivity contribution >= 4 is 28.6 Å². The maximum absolute atomic E-state index is 9.91. The van der Waals surface area contributed by atoms with Crippen molar-refractivity contribution in [2.75, 3.05) is 11.9 Å². The Morgan fingerprint density at radius 2 is 2.24 bits per heavy atom. The fraction of sp³-hybridized carbons (Fsp3) is 0.400. The highest BCUT2D eigenvalue weighted by atomic mass is 35.5. The molecule has 3 N–H and O–H groups in total. The third-order valence-electron chi connectivity index (χ3n) is 4.10. The van der Waals surface area contributed by atoms with Crippen molar-refractivity contribution in [3.05, 3.63) is 35.8 Å². The molecule has 10 heteroatoms. The van der Waals surface area contributed by atoms with E-state index in [0.29, 0.717) is 40.7 Å². The number of rotatable bonds is 5. The number of hydrogen-bond donors (Lipinski definition) is 3. The molecule has 0 amide bonds. The monoisotopic (exact) mass is 365 g/mol. The molecule has 0 aromatic carbocycles. The summed E-state index contributed by atoms with van der Waals surface area (Å²) in [6, 6.07) is 1.72. The number of imidazole rings is 1. The molecular weight excluding hydrogens is 350 g/mol. The quantitative estimate of drug-likeness (QED) is 0.619. The third kappa shape index (κ3) is 3.07. The topological polar surface area (TPSA) is 118 Å². The Kier molecular flexibility index (Phi) is 4.30. The summed E-state index contributed by atoms with van der Waals surface area (Å²) in [5, 5.41) is 22.8. The van der Waals surface area contributed by atoms with Crippen LogP contribution in [0, 0.1) is 0 Å². The van der Waals surface area contributed by atoms with Crippen molar-refractivity contribution in [3.8, 4) is 0 Å². The molecule has 132 valence electrons. The summed E-state index contributed by atoms with van der Waals surface area (Å²) in [5.41, 5.74) is 1.15. The zero-order valence-corrected chi connectivity index (χ0v) is 13.8. The SMILES string of the molecule is OC[C@H]1OC(n2cnc3c(NCc4cc(Cl)co4)ncnc32)C[C@@H]1O. The van der Waals surface area contributed by atoms with Gasteiger partial charge in [0.1, 0.15) is 30.7 Å². The second kappa shape index (κ2) is 6.60. The second-order valence-electron chi connectivity index (χ2n) is 5.75. The lowest BCUT2D eigenvalue weighted by Crippen LogP contribution is -2.24. The molecule has 1 aliphatic heterocycles. The maximum Gasteiger partial charge on any atom is 0.167 e. The van der Waals surface area contributed by atoms with Crippen LogP contribution >= 0.6 is 11.6 Å². The van der Waals surface area contributed by atoms with Gasteiger partial charge in [0.25, 0.3) is 0 Å². The van der Waals surface area contributed by atoms with Gasteiger partial charge in [-0.2, -0.15) is 0 Å². The largest absolute Gasteiger partial charge is 0.466 e. The Morgan fingerprint density at radius 1 is 1.36 bits per heavy atom. The second-order valence-corrected chi connectivity index (χ2v) is 6.18. The number of aliphatic hydroxyl groups excluding tert-OH is 2. The number of furan rings is 1. The lowest BCUT2D eigenvalue weighted by Gasteiger charge is -2.13. The predicted octanol–water partition coefficient (Wildman–Crippen LogP) is 1.33. The predicted molar refractivity (Wildman–Crippen MR) is 88.0 cm³/mol. The molecule has 1 unspecified atom stereocenters. The highest BCUT2D eigenvalue weighted by Gasteiger charge is 2.35. The zero-order valence-electron chi connectivity index (χ0n) is 13.0. The van der Waals surface area contributed by atoms with Gasteiger partial charge < -0.3 is 24.7 Å². The summed E-state index contributed by atoms with van der Waals surface area (Å²) in [5.74, 6) is 1.22. The van der Waals surface area contributed by atoms with E-state index in [4.69, 9.17) is 20.8 Å². The highest BCUT2D eigenvalue weighted by Crippen LogP contribution is 2.31. The van der Waals surface area contributed by atoms with Crippen molar-refractivity contribution in [1.82, 2.24) is 19.5 Å². The van der Waals surface area contributed by atoms with E-state index in [9.17, 15) is 10.2 Å². The summed E-state index contributed by atoms with van der Waals surface area (Å²) in [4.78, 5) is 12.8. The summed E-state index contributed by atoms with van der Waals surface area (Å²) >= 11 is 5.83. The Morgan fingerprint density at radius 3 is 2.96 bits per heavy atom. The van der Waals surface area contributed by atoms with Gasteiger partial charge in [-0.3, -0.25) is 4.57 Å². The van der Waals surface area contributed by atoms with Gasteiger partial charge in [-0.15, -0.1) is 0 Å². The van der Waals surface area contributed by atoms with Gasteiger partial charge in [-0.05, 0) is 0 Å². The van der Waals surface area contributed by atoms with Crippen LogP contribution in [0.25, 0.3) is 11.2 Å². The third-order valence-corrected chi connectivity index (χ3v) is 4.30. The van der Waals surface area contributed by atoms with Crippen LogP contribution in [0.4, 0.5) is 5.82 Å². The molecule has 0 saturated carbocycles. The lowest BCUT2D eigenvalue weighted by molar-refractivity contribution is -0.0432. The molecule has 3 atom stereocenters. The van der Waals surface area contributed by atoms with E-state index in [2.05, 4.69) is 20.3 Å². The molecule has 25 heavy (non-hydrogen) atoms. The smallest absolute Gasteiger partial charge is 0.167 e. The summed E-state index contributed by atoms with van der Waals surface area (Å²) in [7, 11) is 0. The number of fused-ring (bicyclic) bond motifs is 1. The number of aliphatic hydroxyl groups is 2. The van der Waals surface area contributed by atoms with E-state index < -0.39 is 18.4 Å². The molecule has 1 aliphatic rings. The van der Waals surface area contributed by atoms with Crippen LogP contribution in [0.3, 0.4) is 0 Å². The summed E-state index contributed by atoms with van der Waals surface area (Å²) in [6.45, 7) is 0.161. The van der Waals surface area contributed by atoms with Gasteiger partial charge in [-0.1, -0.05) is 11.6 Å². The van der Waals surface area contributed by atoms with Crippen LogP contribution in [0.1, 0.15) is 18.4 Å². The first-order valence-electron chi connectivity index (χ1n) is 7.74. The molecule has 9 nitrogen and oxygen atoms in total. The average molecular weight is 366 g/mol. The van der Waals surface area contributed by atoms with Crippen molar-refractivity contribution in [3.63, 3.8) is 0 Å². The molecule has 3 aromatic heterocycles. The average Bonchev–Trinajstić information content (AvgIpc) is 3.31. The van der Waals surface area contributed by atoms with Gasteiger partial charge in [0.05, 0.1) is 30.6 Å². The van der Waals surface area contributed by atoms with Gasteiger partial charge in [0.2, 0.25) is 0 Å². The number of ether oxygens (including phenoxy) is 1. The Hall–Kier alpha value is -2.20. The van der Waals surface area contributed by atoms with Crippen molar-refractivity contribution in [2.45, 2.75) is 31.4 Å². The van der Waals surface area contributed by atoms with Crippen LogP contribution in [-0.2, 0) is 11.3 Å². The van der Waals surface area contributed by atoms with Gasteiger partial charge in [0.15, 0.2) is 17.0 Å². The lowest BCUT2D eigenvalue weighted by atomic mass is 10.2. The first-order chi connectivity index (χ1) is 12.2. The molecule has 4 rings (SSSR count). The van der Waals surface area contributed by atoms with Crippen LogP contribution in [0.5, 0.6) is 0 Å². The number of hydrogen-bond acceptors (Lipinski definition) is 8. The van der Waals surface area contributed by atoms with Gasteiger partial charge >= 0.3 is 0 Å². The van der Waals surface area contributed by atoms with E-state index >= 15 is 0 Å². The summed E-state index contributed by atoms with van der Waals surface area (Å²) in [6.07, 6.45) is 3.06. The molecule has 1 saturated heterocycles. The molecule has 1 fully saturated rings. The molecule has 0 bridgehead atoms. The van der Waals surface area contributed by atoms with E-state index in [1.807, 2.05) is 0 Å². The fourth-order valence-corrected chi connectivity index (χ4v) is 3.03. The first-order valence-corrected chi connectivity index (χ1v) is 8.12. The van der Waals surface area contributed by atoms with E-state index in [-0.39, 0.29) is 6.61 Å². The minimum atomic E-state index is -0.726. The zero-order chi connectivity index (χ0) is 17.4. The highest BCUT2D eigenvalue weighted by molar-refractivity contribution is 6.30. The maximum atomic E-state index is 9.91. The Balaban J connectivity index is 1.58. The number of aromatic nitrogens is 4. The number of halogens is 1. The standard InChI is InChI=1S/C15H16ClN5O4/c16-8-1-9(24-5-8)3-17-14-13-15(19-6-18-14)21(7-20-13)12-2-10(23)11(4-22)25-12/h1,5-7,10-12,22-23H,2-4H2,(H,17,18,19)/t10-,11+,12?/m0/s1. The van der Waals surface area contributed by atoms with Crippen molar-refractivity contribution in [1.29, 1.82) is 0 Å². The van der Waals surface area contributed by atoms with Crippen LogP contribution < -0.4 is 5.32 Å². The van der Waals surface area contributed by atoms with Crippen molar-refractivity contribution in [2.24, 2.45) is 0 Å². The molecule has 0 radical (unpaired) electrons. The number of nitrogens with one attached hydrogen (secondary N) is 1. The van der Waals surface area contributed by atoms with Crippen LogP contribution in [0.2, 0.25) is 5.02 Å². The summed E-state index contributed by atoms with van der Waals surface area (Å²) < 4.78 is 12.7. The Bertz CT molecular complexity index is 882. The van der Waals surface area contributed by atoms with Gasteiger partial charge in [-0.25, -0.2) is 15.0 Å². The molecule has 4 heterocycles. The molecule has 3 aromatic rings. The molecule has 0 aliphatic carbocycles. The minimum Gasteiger partial charge on any atom is -0.466 e. The van der Waals surface area contributed by atoms with Gasteiger partial charge in [0, 0.05) is 12.5 Å². The van der Waals surface area contributed by atoms with E-state index in [0.717, 1.165) is 0 Å². The van der Waals surface area contributed by atoms with Crippen LogP contribution in [0.15, 0.2) is 29.4 Å². The fourth-order valence-electron chi connectivity index (χ4n) is 2.86. The molecule has 0 spiro atoms. The normalized spacial score (nSPS) is 23.4. The van der Waals surface area contributed by atoms with E-state index in [1.54, 1.807) is 17.0 Å².